The fourth-order valence-electron chi connectivity index (χ4n) is 7.41. The van der Waals surface area contributed by atoms with Crippen molar-refractivity contribution in [1.29, 1.82) is 0 Å². The number of nitrogens with zero attached hydrogens (tertiary/aromatic N) is 5. The van der Waals surface area contributed by atoms with Crippen molar-refractivity contribution in [3.8, 4) is 23.0 Å². The maximum Gasteiger partial charge on any atom is 0.435 e. The topological polar surface area (TPSA) is 158 Å². The number of benzene rings is 2. The Labute approximate surface area is 349 Å². The second-order valence-corrected chi connectivity index (χ2v) is 20.4. The summed E-state index contributed by atoms with van der Waals surface area (Å²) in [4.78, 5) is 18.6. The lowest BCUT2D eigenvalue weighted by Crippen LogP contribution is -2.35. The fraction of sp³-hybridized carbons (Fsp3) is 0.385. The first-order valence-corrected chi connectivity index (χ1v) is 22.3. The van der Waals surface area contributed by atoms with E-state index in [0.29, 0.717) is 18.9 Å². The Bertz CT molecular complexity index is 2900. The van der Waals surface area contributed by atoms with Crippen LogP contribution >= 0.6 is 11.6 Å². The lowest BCUT2D eigenvalue weighted by Gasteiger charge is -2.23. The van der Waals surface area contributed by atoms with Gasteiger partial charge in [-0.2, -0.15) is 32.1 Å². The fourth-order valence-corrected chi connectivity index (χ4v) is 9.92. The smallest absolute Gasteiger partial charge is 0.346 e. The molecule has 3 aromatic heterocycles. The molecule has 1 atom stereocenters. The number of aromatic nitrogens is 5. The Morgan fingerprint density at radius 3 is 2.30 bits per heavy atom. The summed E-state index contributed by atoms with van der Waals surface area (Å²) in [6, 6.07) is 6.89. The molecule has 61 heavy (non-hydrogen) atoms. The molecule has 3 heterocycles. The highest BCUT2D eigenvalue weighted by Crippen LogP contribution is 2.47. The maximum absolute atomic E-state index is 15.0. The van der Waals surface area contributed by atoms with Crippen LogP contribution in [0.2, 0.25) is 5.02 Å². The van der Waals surface area contributed by atoms with E-state index in [2.05, 4.69) is 32.1 Å². The summed E-state index contributed by atoms with van der Waals surface area (Å²) in [5, 5.41) is 9.88. The number of halogens is 8. The first-order chi connectivity index (χ1) is 28.3. The van der Waals surface area contributed by atoms with E-state index in [1.165, 1.54) is 49.8 Å². The number of pyridine rings is 1. The molecule has 1 fully saturated rings. The second-order valence-electron chi connectivity index (χ2n) is 15.4. The van der Waals surface area contributed by atoms with Gasteiger partial charge in [-0.05, 0) is 81.3 Å². The molecule has 2 aliphatic carbocycles. The molecule has 1 amide bonds. The monoisotopic (exact) mass is 913 g/mol. The van der Waals surface area contributed by atoms with Crippen molar-refractivity contribution in [3.63, 3.8) is 0 Å². The predicted octanol–water partition coefficient (Wildman–Crippen LogP) is 7.00. The van der Waals surface area contributed by atoms with Gasteiger partial charge in [-0.1, -0.05) is 23.6 Å². The van der Waals surface area contributed by atoms with Crippen LogP contribution in [0.5, 0.6) is 0 Å². The van der Waals surface area contributed by atoms with Crippen LogP contribution in [0.4, 0.5) is 36.6 Å². The number of carbonyl (C=O) groups excluding carboxylic acids is 1. The van der Waals surface area contributed by atoms with Crippen LogP contribution in [0.15, 0.2) is 42.5 Å². The third-order valence-electron chi connectivity index (χ3n) is 10.3. The Hall–Kier alpha value is -5.20. The van der Waals surface area contributed by atoms with E-state index in [9.17, 15) is 43.6 Å². The van der Waals surface area contributed by atoms with Crippen molar-refractivity contribution in [3.05, 3.63) is 93.0 Å². The van der Waals surface area contributed by atoms with Gasteiger partial charge in [0.1, 0.15) is 34.3 Å². The average Bonchev–Trinajstić information content (AvgIpc) is 3.77. The van der Waals surface area contributed by atoms with Gasteiger partial charge in [0.25, 0.3) is 5.92 Å². The van der Waals surface area contributed by atoms with Crippen molar-refractivity contribution in [2.24, 2.45) is 7.05 Å². The van der Waals surface area contributed by atoms with Crippen LogP contribution in [0.3, 0.4) is 0 Å². The van der Waals surface area contributed by atoms with Gasteiger partial charge in [-0.15, -0.1) is 0 Å². The van der Waals surface area contributed by atoms with E-state index in [-0.39, 0.29) is 54.5 Å². The number of sulfonamides is 1. The lowest BCUT2D eigenvalue weighted by atomic mass is 9.93. The molecule has 22 heteroatoms. The summed E-state index contributed by atoms with van der Waals surface area (Å²) in [7, 11) is -6.11. The lowest BCUT2D eigenvalue weighted by molar-refractivity contribution is -0.142. The minimum Gasteiger partial charge on any atom is -0.346 e. The van der Waals surface area contributed by atoms with Gasteiger partial charge in [0.05, 0.1) is 39.2 Å². The molecule has 1 saturated carbocycles. The number of fused-ring (bicyclic) bond motifs is 2. The molecule has 5 aromatic rings. The largest absolute Gasteiger partial charge is 0.435 e. The molecule has 0 saturated heterocycles. The van der Waals surface area contributed by atoms with E-state index < -0.39 is 108 Å². The molecule has 0 radical (unpaired) electrons. The molecule has 0 aliphatic heterocycles. The number of hydrogen-bond acceptors (Lipinski definition) is 8. The Balaban J connectivity index is 1.41. The molecule has 12 nitrogen and oxygen atoms in total. The molecule has 7 rings (SSSR count). The molecular formula is C39H35ClF7N7O5S2. The van der Waals surface area contributed by atoms with E-state index in [1.54, 1.807) is 0 Å². The molecular weight excluding hydrogens is 879 g/mol. The summed E-state index contributed by atoms with van der Waals surface area (Å²) < 4.78 is 154. The summed E-state index contributed by atoms with van der Waals surface area (Å²) in [5.74, 6) is -1.51. The molecule has 2 aliphatic rings. The number of rotatable bonds is 11. The maximum atomic E-state index is 15.0. The molecule has 324 valence electrons. The molecule has 0 unspecified atom stereocenters. The zero-order valence-electron chi connectivity index (χ0n) is 32.6. The SMILES string of the molecule is Cn1nc(NS(C)(=O)=O)c2c(Cl)ccc(-c3ccc(C#CC(C)(C)S(=O)(=O)C4CC4)nc3[C@H](Cc3cc(F)cc(F)c3)NC(=O)Cn3nc(C(F)(F)F)c4c3C(F)(F)CC4)c21. The van der Waals surface area contributed by atoms with Gasteiger partial charge >= 0.3 is 6.18 Å². The molecule has 2 aromatic carbocycles. The highest BCUT2D eigenvalue weighted by Gasteiger charge is 2.50. The van der Waals surface area contributed by atoms with Crippen molar-refractivity contribution in [1.82, 2.24) is 29.9 Å². The number of amides is 1. The highest BCUT2D eigenvalue weighted by molar-refractivity contribution is 7.93. The van der Waals surface area contributed by atoms with E-state index in [4.69, 9.17) is 16.6 Å². The first kappa shape index (κ1) is 43.9. The average molecular weight is 914 g/mol. The number of nitrogens with one attached hydrogen (secondary N) is 2. The van der Waals surface area contributed by atoms with Crippen LogP contribution in [0.25, 0.3) is 22.0 Å². The highest BCUT2D eigenvalue weighted by atomic mass is 35.5. The number of carbonyl (C=O) groups is 1. The van der Waals surface area contributed by atoms with Gasteiger partial charge in [0, 0.05) is 36.2 Å². The normalized spacial score (nSPS) is 15.9. The van der Waals surface area contributed by atoms with E-state index >= 15 is 8.78 Å². The van der Waals surface area contributed by atoms with Crippen LogP contribution in [0, 0.1) is 23.5 Å². The van der Waals surface area contributed by atoms with Crippen molar-refractivity contribution in [2.45, 2.75) is 80.6 Å². The quantitative estimate of drug-likeness (QED) is 0.106. The Morgan fingerprint density at radius 2 is 1.67 bits per heavy atom. The number of hydrogen-bond donors (Lipinski definition) is 2. The molecule has 2 N–H and O–H groups in total. The summed E-state index contributed by atoms with van der Waals surface area (Å²) >= 11 is 6.58. The molecule has 0 spiro atoms. The van der Waals surface area contributed by atoms with Crippen molar-refractivity contribution in [2.75, 3.05) is 11.0 Å². The number of alkyl halides is 5. The Kier molecular flexibility index (Phi) is 11.0. The predicted molar refractivity (Wildman–Crippen MR) is 211 cm³/mol. The number of aryl methyl sites for hydroxylation is 1. The van der Waals surface area contributed by atoms with Gasteiger partial charge in [0.2, 0.25) is 15.9 Å². The van der Waals surface area contributed by atoms with Gasteiger partial charge in [-0.3, -0.25) is 18.9 Å². The van der Waals surface area contributed by atoms with Crippen LogP contribution in [-0.4, -0.2) is 63.5 Å². The number of sulfone groups is 1. The third-order valence-corrected chi connectivity index (χ3v) is 14.0. The minimum atomic E-state index is -5.12. The standard InChI is InChI=1S/C39H35ClF7N7O5S2/c1-37(2,61(58,59)24-6-7-24)13-11-23-5-8-25(26-9-10-28(40)31-33(26)53(3)51-36(31)52-60(4,56)57)32(48-23)29(17-20-15-21(41)18-22(42)16-20)49-30(55)19-54-35-27(12-14-38(35,43)44)34(50-54)39(45,46)47/h5,8-10,15-16,18,24,29H,6-7,12,14,17,19H2,1-4H3,(H,49,55)(H,51,52)/t29-/m0/s1. The molecule has 0 bridgehead atoms. The summed E-state index contributed by atoms with van der Waals surface area (Å²) in [6.07, 6.45) is -5.29. The van der Waals surface area contributed by atoms with Gasteiger partial charge < -0.3 is 5.32 Å². The van der Waals surface area contributed by atoms with Gasteiger partial charge in [-0.25, -0.2) is 30.6 Å². The summed E-state index contributed by atoms with van der Waals surface area (Å²) in [6.45, 7) is 1.72. The first-order valence-electron chi connectivity index (χ1n) is 18.5. The minimum absolute atomic E-state index is 0.0449. The Morgan fingerprint density at radius 1 is 1.02 bits per heavy atom. The van der Waals surface area contributed by atoms with Crippen LogP contribution < -0.4 is 10.0 Å². The number of anilines is 1. The third kappa shape index (κ3) is 8.79. The zero-order valence-corrected chi connectivity index (χ0v) is 34.9. The second kappa shape index (κ2) is 15.3. The van der Waals surface area contributed by atoms with E-state index in [1.807, 2.05) is 0 Å². The summed E-state index contributed by atoms with van der Waals surface area (Å²) in [5.41, 5.74) is -2.91. The zero-order chi connectivity index (χ0) is 44.6. The van der Waals surface area contributed by atoms with Crippen LogP contribution in [-0.2, 0) is 63.2 Å². The van der Waals surface area contributed by atoms with Crippen molar-refractivity contribution >= 4 is 54.1 Å². The van der Waals surface area contributed by atoms with E-state index in [0.717, 1.165) is 18.4 Å². The van der Waals surface area contributed by atoms with Crippen molar-refractivity contribution < 1.29 is 52.4 Å². The van der Waals surface area contributed by atoms with Gasteiger partial charge in [0.15, 0.2) is 21.3 Å². The van der Waals surface area contributed by atoms with Crippen LogP contribution in [0.1, 0.15) is 73.1 Å².